The number of rotatable bonds is 4. The highest BCUT2D eigenvalue weighted by Crippen LogP contribution is 2.32. The molecule has 0 bridgehead atoms. The molecule has 0 atom stereocenters. The minimum atomic E-state index is 0.318. The smallest absolute Gasteiger partial charge is 0.225 e. The molecule has 3 heterocycles. The zero-order valence-electron chi connectivity index (χ0n) is 12.9. The first-order chi connectivity index (χ1) is 11.3. The van der Waals surface area contributed by atoms with Crippen molar-refractivity contribution >= 4 is 11.7 Å². The fraction of sp³-hybridized carbons (Fsp3) is 0.500. The van der Waals surface area contributed by atoms with Crippen molar-refractivity contribution in [3.63, 3.8) is 0 Å². The maximum absolute atomic E-state index is 12.1. The van der Waals surface area contributed by atoms with Gasteiger partial charge in [-0.3, -0.25) is 4.79 Å². The molecular weight excluding hydrogens is 292 g/mol. The summed E-state index contributed by atoms with van der Waals surface area (Å²) in [4.78, 5) is 22.6. The molecule has 120 valence electrons. The number of hydrogen-bond acceptors (Lipinski definition) is 5. The van der Waals surface area contributed by atoms with E-state index >= 15 is 0 Å². The molecule has 2 fully saturated rings. The van der Waals surface area contributed by atoms with Crippen LogP contribution in [0.5, 0.6) is 0 Å². The molecule has 0 aromatic carbocycles. The summed E-state index contributed by atoms with van der Waals surface area (Å²) in [7, 11) is 0. The zero-order valence-corrected chi connectivity index (χ0v) is 12.9. The average Bonchev–Trinajstić information content (AvgIpc) is 3.29. The minimum Gasteiger partial charge on any atom is -0.367 e. The van der Waals surface area contributed by atoms with E-state index in [4.69, 9.17) is 0 Å². The fourth-order valence-electron chi connectivity index (χ4n) is 3.00. The first-order valence-corrected chi connectivity index (χ1v) is 8.17. The van der Waals surface area contributed by atoms with E-state index in [0.717, 1.165) is 50.4 Å². The predicted octanol–water partition coefficient (Wildman–Crippen LogP) is 1.48. The molecule has 2 aromatic heterocycles. The Morgan fingerprint density at radius 2 is 2.00 bits per heavy atom. The third kappa shape index (κ3) is 3.18. The first kappa shape index (κ1) is 14.2. The Hall–Kier alpha value is -2.44. The predicted molar refractivity (Wildman–Crippen MR) is 85.1 cm³/mol. The number of aromatic nitrogens is 4. The van der Waals surface area contributed by atoms with Gasteiger partial charge in [-0.25, -0.2) is 14.6 Å². The van der Waals surface area contributed by atoms with Crippen molar-refractivity contribution in [2.45, 2.75) is 31.7 Å². The van der Waals surface area contributed by atoms with Gasteiger partial charge in [-0.2, -0.15) is 5.10 Å². The van der Waals surface area contributed by atoms with Crippen molar-refractivity contribution in [2.75, 3.05) is 18.4 Å². The maximum Gasteiger partial charge on any atom is 0.225 e. The lowest BCUT2D eigenvalue weighted by Gasteiger charge is -2.32. The van der Waals surface area contributed by atoms with Crippen LogP contribution in [0.15, 0.2) is 30.9 Å². The molecule has 1 N–H and O–H groups in total. The number of likely N-dealkylation sites (tertiary alicyclic amines) is 1. The molecular formula is C16H20N6O. The number of piperidine rings is 1. The average molecular weight is 312 g/mol. The third-order valence-corrected chi connectivity index (χ3v) is 4.48. The quantitative estimate of drug-likeness (QED) is 0.925. The maximum atomic E-state index is 12.1. The molecule has 0 spiro atoms. The monoisotopic (exact) mass is 312 g/mol. The summed E-state index contributed by atoms with van der Waals surface area (Å²) >= 11 is 0. The third-order valence-electron chi connectivity index (χ3n) is 4.48. The Balaban J connectivity index is 1.36. The molecule has 2 aromatic rings. The van der Waals surface area contributed by atoms with Crippen LogP contribution >= 0.6 is 0 Å². The van der Waals surface area contributed by atoms with Gasteiger partial charge in [0.15, 0.2) is 5.82 Å². The van der Waals surface area contributed by atoms with Crippen molar-refractivity contribution in [1.29, 1.82) is 0 Å². The number of carbonyl (C=O) groups is 1. The van der Waals surface area contributed by atoms with Crippen molar-refractivity contribution < 1.29 is 4.79 Å². The van der Waals surface area contributed by atoms with E-state index < -0.39 is 0 Å². The van der Waals surface area contributed by atoms with E-state index in [0.29, 0.717) is 17.9 Å². The molecule has 1 saturated heterocycles. The summed E-state index contributed by atoms with van der Waals surface area (Å²) in [6.07, 6.45) is 9.20. The van der Waals surface area contributed by atoms with E-state index in [1.54, 1.807) is 17.2 Å². The molecule has 7 heteroatoms. The number of hydrogen-bond donors (Lipinski definition) is 1. The van der Waals surface area contributed by atoms with Crippen LogP contribution in [0.1, 0.15) is 25.7 Å². The largest absolute Gasteiger partial charge is 0.367 e. The number of nitrogens with zero attached hydrogens (tertiary/aromatic N) is 5. The second-order valence-electron chi connectivity index (χ2n) is 6.23. The van der Waals surface area contributed by atoms with E-state index in [-0.39, 0.29) is 0 Å². The van der Waals surface area contributed by atoms with Crippen LogP contribution in [0.2, 0.25) is 0 Å². The standard InChI is InChI=1S/C16H20N6O/c23-16(12-2-3-12)21-8-4-13(5-9-21)20-14-10-15(18-11-17-14)22-7-1-6-19-22/h1,6-7,10-13H,2-5,8-9H2,(H,17,18,20). The Labute approximate surface area is 134 Å². The van der Waals surface area contributed by atoms with Gasteiger partial charge in [-0.15, -0.1) is 0 Å². The van der Waals surface area contributed by atoms with E-state index in [1.165, 1.54) is 0 Å². The Bertz CT molecular complexity index is 674. The van der Waals surface area contributed by atoms with Gasteiger partial charge in [0.05, 0.1) is 0 Å². The SMILES string of the molecule is O=C(C1CC1)N1CCC(Nc2cc(-n3cccn3)ncn2)CC1. The van der Waals surface area contributed by atoms with E-state index in [9.17, 15) is 4.79 Å². The first-order valence-electron chi connectivity index (χ1n) is 8.17. The van der Waals surface area contributed by atoms with Gasteiger partial charge in [0.2, 0.25) is 5.91 Å². The highest BCUT2D eigenvalue weighted by Gasteiger charge is 2.34. The van der Waals surface area contributed by atoms with Crippen LogP contribution in [0.4, 0.5) is 5.82 Å². The number of carbonyl (C=O) groups excluding carboxylic acids is 1. The van der Waals surface area contributed by atoms with Crippen molar-refractivity contribution in [2.24, 2.45) is 5.92 Å². The number of nitrogens with one attached hydrogen (secondary N) is 1. The minimum absolute atomic E-state index is 0.318. The summed E-state index contributed by atoms with van der Waals surface area (Å²) in [5.74, 6) is 2.22. The van der Waals surface area contributed by atoms with Crippen LogP contribution in [-0.4, -0.2) is 49.7 Å². The van der Waals surface area contributed by atoms with Gasteiger partial charge in [-0.1, -0.05) is 0 Å². The summed E-state index contributed by atoms with van der Waals surface area (Å²) in [6.45, 7) is 1.67. The lowest BCUT2D eigenvalue weighted by atomic mass is 10.0. The van der Waals surface area contributed by atoms with Crippen LogP contribution < -0.4 is 5.32 Å². The molecule has 1 amide bonds. The normalized spacial score (nSPS) is 18.9. The molecule has 0 unspecified atom stereocenters. The summed E-state index contributed by atoms with van der Waals surface area (Å²) in [6, 6.07) is 4.11. The van der Waals surface area contributed by atoms with Gasteiger partial charge < -0.3 is 10.2 Å². The molecule has 2 aliphatic rings. The van der Waals surface area contributed by atoms with Crippen LogP contribution in [0, 0.1) is 5.92 Å². The molecule has 4 rings (SSSR count). The number of amides is 1. The van der Waals surface area contributed by atoms with Crippen molar-refractivity contribution in [1.82, 2.24) is 24.6 Å². The molecule has 1 saturated carbocycles. The summed E-state index contributed by atoms with van der Waals surface area (Å²) in [5, 5.41) is 7.64. The van der Waals surface area contributed by atoms with Gasteiger partial charge >= 0.3 is 0 Å². The van der Waals surface area contributed by atoms with Crippen molar-refractivity contribution in [3.05, 3.63) is 30.9 Å². The fourth-order valence-corrected chi connectivity index (χ4v) is 3.00. The summed E-state index contributed by atoms with van der Waals surface area (Å²) < 4.78 is 1.71. The summed E-state index contributed by atoms with van der Waals surface area (Å²) in [5.41, 5.74) is 0. The number of anilines is 1. The van der Waals surface area contributed by atoms with Crippen LogP contribution in [0.25, 0.3) is 5.82 Å². The van der Waals surface area contributed by atoms with Gasteiger partial charge in [0.1, 0.15) is 12.1 Å². The van der Waals surface area contributed by atoms with Gasteiger partial charge in [-0.05, 0) is 31.7 Å². The Morgan fingerprint density at radius 1 is 1.17 bits per heavy atom. The highest BCUT2D eigenvalue weighted by atomic mass is 16.2. The molecule has 7 nitrogen and oxygen atoms in total. The molecule has 1 aliphatic heterocycles. The molecule has 1 aliphatic carbocycles. The second-order valence-corrected chi connectivity index (χ2v) is 6.23. The second kappa shape index (κ2) is 5.98. The lowest BCUT2D eigenvalue weighted by Crippen LogP contribution is -2.43. The highest BCUT2D eigenvalue weighted by molar-refractivity contribution is 5.81. The topological polar surface area (TPSA) is 75.9 Å². The van der Waals surface area contributed by atoms with Crippen molar-refractivity contribution in [3.8, 4) is 5.82 Å². The van der Waals surface area contributed by atoms with Gasteiger partial charge in [0, 0.05) is 43.5 Å². The van der Waals surface area contributed by atoms with E-state index in [1.807, 2.05) is 23.2 Å². The zero-order chi connectivity index (χ0) is 15.6. The van der Waals surface area contributed by atoms with Crippen LogP contribution in [0.3, 0.4) is 0 Å². The molecule has 23 heavy (non-hydrogen) atoms. The Kier molecular flexibility index (Phi) is 3.69. The van der Waals surface area contributed by atoms with E-state index in [2.05, 4.69) is 20.4 Å². The molecule has 0 radical (unpaired) electrons. The van der Waals surface area contributed by atoms with Crippen LogP contribution in [-0.2, 0) is 4.79 Å². The Morgan fingerprint density at radius 3 is 2.70 bits per heavy atom. The van der Waals surface area contributed by atoms with Gasteiger partial charge in [0.25, 0.3) is 0 Å². The lowest BCUT2D eigenvalue weighted by molar-refractivity contribution is -0.133.